The molecule has 0 saturated heterocycles. The maximum Gasteiger partial charge on any atom is 0.211 e. The third-order valence-electron chi connectivity index (χ3n) is 5.55. The Labute approximate surface area is 193 Å². The van der Waals surface area contributed by atoms with E-state index in [4.69, 9.17) is 14.8 Å². The molecule has 0 amide bonds. The van der Waals surface area contributed by atoms with Crippen LogP contribution in [0.15, 0.2) is 42.5 Å². The van der Waals surface area contributed by atoms with E-state index in [-0.39, 0.29) is 5.78 Å². The molecule has 2 aromatic heterocycles. The molecular formula is C26H29N3O2S. The summed E-state index contributed by atoms with van der Waals surface area (Å²) in [5.41, 5.74) is 4.52. The van der Waals surface area contributed by atoms with Gasteiger partial charge in [-0.25, -0.2) is 9.67 Å². The molecule has 4 aromatic rings. The van der Waals surface area contributed by atoms with Crippen LogP contribution in [0.4, 0.5) is 0 Å². The summed E-state index contributed by atoms with van der Waals surface area (Å²) in [6, 6.07) is 14.1. The minimum absolute atomic E-state index is 0.0925. The van der Waals surface area contributed by atoms with Crippen molar-refractivity contribution in [1.29, 1.82) is 0 Å². The fraction of sp³-hybridized carbons (Fsp3) is 0.346. The van der Waals surface area contributed by atoms with Crippen molar-refractivity contribution in [1.82, 2.24) is 14.8 Å². The van der Waals surface area contributed by atoms with Gasteiger partial charge in [-0.3, -0.25) is 4.79 Å². The van der Waals surface area contributed by atoms with Crippen LogP contribution in [0.3, 0.4) is 0 Å². The molecule has 6 heteroatoms. The summed E-state index contributed by atoms with van der Waals surface area (Å²) >= 11 is 1.63. The molecule has 0 aliphatic rings. The number of hydrogen-bond acceptors (Lipinski definition) is 5. The first-order valence-corrected chi connectivity index (χ1v) is 11.9. The second kappa shape index (κ2) is 9.25. The third kappa shape index (κ3) is 4.19. The zero-order valence-corrected chi connectivity index (χ0v) is 20.1. The van der Waals surface area contributed by atoms with E-state index in [9.17, 15) is 4.79 Å². The molecule has 0 aliphatic carbocycles. The molecule has 32 heavy (non-hydrogen) atoms. The molecular weight excluding hydrogens is 418 g/mol. The summed E-state index contributed by atoms with van der Waals surface area (Å²) < 4.78 is 7.26. The number of Topliss-reactive ketones (excluding diaryl/α,β-unsaturated/α-hetero) is 1. The van der Waals surface area contributed by atoms with Gasteiger partial charge in [-0.1, -0.05) is 62.3 Å². The van der Waals surface area contributed by atoms with Crippen molar-refractivity contribution in [2.75, 3.05) is 7.11 Å². The highest BCUT2D eigenvalue weighted by Gasteiger charge is 2.22. The first kappa shape index (κ1) is 22.2. The number of ketones is 1. The van der Waals surface area contributed by atoms with E-state index in [0.717, 1.165) is 51.4 Å². The van der Waals surface area contributed by atoms with Gasteiger partial charge < -0.3 is 4.74 Å². The lowest BCUT2D eigenvalue weighted by atomic mass is 10.1. The van der Waals surface area contributed by atoms with Gasteiger partial charge in [-0.15, -0.1) is 0 Å². The minimum Gasteiger partial charge on any atom is -0.497 e. The van der Waals surface area contributed by atoms with Crippen LogP contribution in [-0.2, 0) is 0 Å². The predicted molar refractivity (Wildman–Crippen MR) is 131 cm³/mol. The lowest BCUT2D eigenvalue weighted by molar-refractivity contribution is 0.0976. The Morgan fingerprint density at radius 3 is 2.72 bits per heavy atom. The zero-order chi connectivity index (χ0) is 22.8. The molecule has 0 fully saturated rings. The smallest absolute Gasteiger partial charge is 0.211 e. The number of rotatable bonds is 8. The van der Waals surface area contributed by atoms with Gasteiger partial charge >= 0.3 is 0 Å². The van der Waals surface area contributed by atoms with Crippen LogP contribution in [0.5, 0.6) is 5.75 Å². The summed E-state index contributed by atoms with van der Waals surface area (Å²) in [5, 5.41) is 6.46. The number of methoxy groups -OCH3 is 1. The Morgan fingerprint density at radius 1 is 1.19 bits per heavy atom. The Kier molecular flexibility index (Phi) is 6.42. The topological polar surface area (TPSA) is 57.0 Å². The normalized spacial score (nSPS) is 11.4. The summed E-state index contributed by atoms with van der Waals surface area (Å²) in [6.45, 7) is 8.48. The van der Waals surface area contributed by atoms with Gasteiger partial charge in [-0.05, 0) is 43.5 Å². The van der Waals surface area contributed by atoms with Crippen LogP contribution < -0.4 is 4.74 Å². The Bertz CT molecular complexity index is 1270. The molecule has 0 bridgehead atoms. The first-order valence-electron chi connectivity index (χ1n) is 11.1. The van der Waals surface area contributed by atoms with E-state index < -0.39 is 0 Å². The lowest BCUT2D eigenvalue weighted by Gasteiger charge is -2.06. The molecule has 0 aliphatic heterocycles. The molecule has 0 saturated carbocycles. The molecule has 166 valence electrons. The maximum atomic E-state index is 12.9. The molecule has 4 rings (SSSR count). The summed E-state index contributed by atoms with van der Waals surface area (Å²) in [7, 11) is 1.67. The monoisotopic (exact) mass is 447 g/mol. The molecule has 0 N–H and O–H groups in total. The number of nitrogens with zero attached hydrogens (tertiary/aromatic N) is 3. The Hall–Kier alpha value is -2.99. The van der Waals surface area contributed by atoms with Gasteiger partial charge in [0.25, 0.3) is 0 Å². The van der Waals surface area contributed by atoms with Gasteiger partial charge in [0.1, 0.15) is 11.4 Å². The predicted octanol–water partition coefficient (Wildman–Crippen LogP) is 6.96. The van der Waals surface area contributed by atoms with Crippen LogP contribution in [0.2, 0.25) is 0 Å². The van der Waals surface area contributed by atoms with E-state index in [1.807, 2.05) is 35.9 Å². The number of carbonyl (C=O) groups is 1. The van der Waals surface area contributed by atoms with Gasteiger partial charge in [0.05, 0.1) is 18.3 Å². The number of aryl methyl sites for hydroxylation is 1. The average molecular weight is 448 g/mol. The van der Waals surface area contributed by atoms with Gasteiger partial charge in [0, 0.05) is 22.2 Å². The van der Waals surface area contributed by atoms with Gasteiger partial charge in [0.2, 0.25) is 5.13 Å². The molecule has 0 atom stereocenters. The second-order valence-corrected chi connectivity index (χ2v) is 9.41. The highest BCUT2D eigenvalue weighted by atomic mass is 32.1. The summed E-state index contributed by atoms with van der Waals surface area (Å²) in [5.74, 6) is 1.20. The zero-order valence-electron chi connectivity index (χ0n) is 19.3. The number of hydrogen-bond donors (Lipinski definition) is 0. The minimum atomic E-state index is 0.0925. The van der Waals surface area contributed by atoms with E-state index in [0.29, 0.717) is 18.0 Å². The SMILES string of the molecule is CCCCC(=O)c1nn(-c2nc(-c3cccc(OC)c3)c(C(C)C)s2)c2ccc(C)cc12. The number of thiazole rings is 1. The van der Waals surface area contributed by atoms with Crippen LogP contribution in [-0.4, -0.2) is 27.7 Å². The highest BCUT2D eigenvalue weighted by Crippen LogP contribution is 2.37. The van der Waals surface area contributed by atoms with Crippen molar-refractivity contribution >= 4 is 28.0 Å². The summed E-state index contributed by atoms with van der Waals surface area (Å²) in [6.07, 6.45) is 2.37. The van der Waals surface area contributed by atoms with Gasteiger partial charge in [-0.2, -0.15) is 5.10 Å². The number of carbonyl (C=O) groups excluding carboxylic acids is 1. The van der Waals surface area contributed by atoms with Crippen molar-refractivity contribution in [2.45, 2.75) is 52.9 Å². The average Bonchev–Trinajstić information content (AvgIpc) is 3.39. The van der Waals surface area contributed by atoms with Crippen LogP contribution in [0, 0.1) is 6.92 Å². The molecule has 0 radical (unpaired) electrons. The Balaban J connectivity index is 1.88. The van der Waals surface area contributed by atoms with Crippen molar-refractivity contribution in [3.05, 3.63) is 58.6 Å². The molecule has 0 unspecified atom stereocenters. The highest BCUT2D eigenvalue weighted by molar-refractivity contribution is 7.14. The van der Waals surface area contributed by atoms with Crippen molar-refractivity contribution in [3.8, 4) is 22.1 Å². The number of benzene rings is 2. The van der Waals surface area contributed by atoms with Crippen LogP contribution in [0.25, 0.3) is 27.3 Å². The van der Waals surface area contributed by atoms with Crippen LogP contribution >= 0.6 is 11.3 Å². The van der Waals surface area contributed by atoms with Crippen molar-refractivity contribution in [2.24, 2.45) is 0 Å². The fourth-order valence-electron chi connectivity index (χ4n) is 3.82. The van der Waals surface area contributed by atoms with E-state index in [1.54, 1.807) is 18.4 Å². The first-order chi connectivity index (χ1) is 15.4. The maximum absolute atomic E-state index is 12.9. The second-order valence-electron chi connectivity index (χ2n) is 8.40. The number of fused-ring (bicyclic) bond motifs is 1. The standard InChI is InChI=1S/C26H29N3O2S/c1-6-7-11-22(30)24-20-14-17(4)12-13-21(20)29(28-24)26-27-23(25(32-26)16(2)3)18-9-8-10-19(15-18)31-5/h8-10,12-16H,6-7,11H2,1-5H3. The molecule has 0 spiro atoms. The molecule has 5 nitrogen and oxygen atoms in total. The third-order valence-corrected chi connectivity index (χ3v) is 6.88. The largest absolute Gasteiger partial charge is 0.497 e. The van der Waals surface area contributed by atoms with E-state index >= 15 is 0 Å². The lowest BCUT2D eigenvalue weighted by Crippen LogP contribution is -2.02. The van der Waals surface area contributed by atoms with Crippen molar-refractivity contribution in [3.63, 3.8) is 0 Å². The van der Waals surface area contributed by atoms with Crippen LogP contribution in [0.1, 0.15) is 66.9 Å². The molecule has 2 aromatic carbocycles. The summed E-state index contributed by atoms with van der Waals surface area (Å²) in [4.78, 5) is 19.1. The fourth-order valence-corrected chi connectivity index (χ4v) is 4.87. The van der Waals surface area contributed by atoms with Crippen molar-refractivity contribution < 1.29 is 9.53 Å². The van der Waals surface area contributed by atoms with E-state index in [2.05, 4.69) is 39.0 Å². The Morgan fingerprint density at radius 2 is 2.00 bits per heavy atom. The molecule has 2 heterocycles. The van der Waals surface area contributed by atoms with Gasteiger partial charge in [0.15, 0.2) is 5.78 Å². The quantitative estimate of drug-likeness (QED) is 0.274. The number of aromatic nitrogens is 3. The number of unbranched alkanes of at least 4 members (excludes halogenated alkanes) is 1. The number of ether oxygens (including phenoxy) is 1. The van der Waals surface area contributed by atoms with E-state index in [1.165, 1.54) is 4.88 Å².